The maximum Gasteiger partial charge on any atom is 0.311 e. The highest BCUT2D eigenvalue weighted by Crippen LogP contribution is 2.14. The van der Waals surface area contributed by atoms with E-state index < -0.39 is 26.6 Å². The van der Waals surface area contributed by atoms with Gasteiger partial charge in [-0.05, 0) is 37.9 Å². The van der Waals surface area contributed by atoms with Crippen molar-refractivity contribution in [1.29, 1.82) is 0 Å². The largest absolute Gasteiger partial charge is 0.438 e. The quantitative estimate of drug-likeness (QED) is 0.762. The first-order valence-corrected chi connectivity index (χ1v) is 13.2. The molecule has 0 aromatic heterocycles. The standard InChI is InChI=1S/C11H22O2Si3/c1-15(2,3)13-16(4,5)12-14-11-9-7-6-8-10-11/h6-10H,14H2,1-5H3. The van der Waals surface area contributed by atoms with Crippen molar-refractivity contribution in [2.75, 3.05) is 0 Å². The molecule has 5 heteroatoms. The van der Waals surface area contributed by atoms with Gasteiger partial charge in [0.05, 0.1) is 0 Å². The Morgan fingerprint density at radius 2 is 1.50 bits per heavy atom. The lowest BCUT2D eigenvalue weighted by atomic mass is 10.4. The average Bonchev–Trinajstić information content (AvgIpc) is 2.13. The van der Waals surface area contributed by atoms with Gasteiger partial charge in [0.15, 0.2) is 18.1 Å². The molecule has 0 aliphatic heterocycles. The normalized spacial score (nSPS) is 13.6. The molecule has 0 bridgehead atoms. The highest BCUT2D eigenvalue weighted by atomic mass is 28.5. The van der Waals surface area contributed by atoms with Crippen LogP contribution >= 0.6 is 0 Å². The molecular weight excluding hydrogens is 248 g/mol. The van der Waals surface area contributed by atoms with Gasteiger partial charge in [-0.3, -0.25) is 0 Å². The zero-order valence-electron chi connectivity index (χ0n) is 10.9. The monoisotopic (exact) mass is 270 g/mol. The topological polar surface area (TPSA) is 18.5 Å². The van der Waals surface area contributed by atoms with Crippen molar-refractivity contribution in [3.63, 3.8) is 0 Å². The van der Waals surface area contributed by atoms with E-state index >= 15 is 0 Å². The second kappa shape index (κ2) is 5.42. The minimum Gasteiger partial charge on any atom is -0.438 e. The summed E-state index contributed by atoms with van der Waals surface area (Å²) in [6.45, 7) is 11.0. The van der Waals surface area contributed by atoms with Crippen molar-refractivity contribution in [3.8, 4) is 0 Å². The summed E-state index contributed by atoms with van der Waals surface area (Å²) in [5, 5.41) is 1.35. The van der Waals surface area contributed by atoms with Gasteiger partial charge in [0.1, 0.15) is 0 Å². The fourth-order valence-corrected chi connectivity index (χ4v) is 10.8. The van der Waals surface area contributed by atoms with E-state index in [4.69, 9.17) is 8.23 Å². The Labute approximate surface area is 103 Å². The Bertz CT molecular complexity index is 320. The summed E-state index contributed by atoms with van der Waals surface area (Å²) in [5.41, 5.74) is 0. The van der Waals surface area contributed by atoms with E-state index in [-0.39, 0.29) is 0 Å². The Hall–Kier alpha value is -0.209. The van der Waals surface area contributed by atoms with Crippen molar-refractivity contribution in [2.24, 2.45) is 0 Å². The third-order valence-electron chi connectivity index (χ3n) is 1.98. The Morgan fingerprint density at radius 1 is 0.938 bits per heavy atom. The second-order valence-corrected chi connectivity index (χ2v) is 15.5. The molecular formula is C11H22O2Si3. The smallest absolute Gasteiger partial charge is 0.311 e. The zero-order valence-corrected chi connectivity index (χ0v) is 14.3. The number of rotatable bonds is 5. The molecule has 0 N–H and O–H groups in total. The summed E-state index contributed by atoms with van der Waals surface area (Å²) in [5.74, 6) is 0. The van der Waals surface area contributed by atoms with Crippen LogP contribution in [0.25, 0.3) is 0 Å². The van der Waals surface area contributed by atoms with Crippen molar-refractivity contribution in [3.05, 3.63) is 30.3 Å². The van der Waals surface area contributed by atoms with Crippen molar-refractivity contribution < 1.29 is 8.23 Å². The maximum absolute atomic E-state index is 6.14. The van der Waals surface area contributed by atoms with Crippen LogP contribution in [0.4, 0.5) is 0 Å². The van der Waals surface area contributed by atoms with Gasteiger partial charge in [0.25, 0.3) is 0 Å². The Kier molecular flexibility index (Phi) is 4.69. The third kappa shape index (κ3) is 5.76. The lowest BCUT2D eigenvalue weighted by Gasteiger charge is -2.31. The summed E-state index contributed by atoms with van der Waals surface area (Å²) in [4.78, 5) is 0. The molecule has 0 fully saturated rings. The first-order chi connectivity index (χ1) is 7.29. The highest BCUT2D eigenvalue weighted by Gasteiger charge is 2.30. The predicted octanol–water partition coefficient (Wildman–Crippen LogP) is 1.97. The van der Waals surface area contributed by atoms with Gasteiger partial charge in [0, 0.05) is 0 Å². The molecule has 2 nitrogen and oxygen atoms in total. The molecule has 0 atom stereocenters. The maximum atomic E-state index is 6.14. The van der Waals surface area contributed by atoms with E-state index in [1.54, 1.807) is 0 Å². The number of hydrogen-bond acceptors (Lipinski definition) is 2. The second-order valence-electron chi connectivity index (χ2n) is 5.39. The predicted molar refractivity (Wildman–Crippen MR) is 77.6 cm³/mol. The first-order valence-electron chi connectivity index (χ1n) is 5.67. The van der Waals surface area contributed by atoms with Crippen LogP contribution in [0.15, 0.2) is 30.3 Å². The molecule has 0 aliphatic carbocycles. The molecule has 0 amide bonds. The number of hydrogen-bond donors (Lipinski definition) is 0. The minimum atomic E-state index is -1.90. The lowest BCUT2D eigenvalue weighted by molar-refractivity contribution is 0.414. The summed E-state index contributed by atoms with van der Waals surface area (Å²) >= 11 is 0. The first kappa shape index (κ1) is 13.9. The van der Waals surface area contributed by atoms with Gasteiger partial charge < -0.3 is 8.23 Å². The van der Waals surface area contributed by atoms with Crippen LogP contribution in [0.1, 0.15) is 0 Å². The molecule has 0 aliphatic rings. The molecule has 90 valence electrons. The summed E-state index contributed by atoms with van der Waals surface area (Å²) in [6, 6.07) is 10.5. The highest BCUT2D eigenvalue weighted by molar-refractivity contribution is 6.83. The van der Waals surface area contributed by atoms with Crippen LogP contribution in [-0.2, 0) is 8.23 Å². The fraction of sp³-hybridized carbons (Fsp3) is 0.455. The lowest BCUT2D eigenvalue weighted by Crippen LogP contribution is -2.46. The van der Waals surface area contributed by atoms with E-state index in [2.05, 4.69) is 57.0 Å². The molecule has 1 aromatic rings. The van der Waals surface area contributed by atoms with Gasteiger partial charge in [-0.15, -0.1) is 0 Å². The van der Waals surface area contributed by atoms with Crippen LogP contribution < -0.4 is 5.19 Å². The van der Waals surface area contributed by atoms with E-state index in [1.165, 1.54) is 5.19 Å². The summed E-state index contributed by atoms with van der Waals surface area (Å²) in [6.07, 6.45) is 0. The van der Waals surface area contributed by atoms with Crippen LogP contribution in [0.3, 0.4) is 0 Å². The van der Waals surface area contributed by atoms with Gasteiger partial charge in [-0.2, -0.15) is 0 Å². The van der Waals surface area contributed by atoms with Crippen LogP contribution in [0.2, 0.25) is 32.7 Å². The van der Waals surface area contributed by atoms with E-state index in [1.807, 2.05) is 6.07 Å². The molecule has 0 heterocycles. The molecule has 0 unspecified atom stereocenters. The van der Waals surface area contributed by atoms with E-state index in [0.29, 0.717) is 0 Å². The summed E-state index contributed by atoms with van der Waals surface area (Å²) < 4.78 is 12.2. The molecule has 16 heavy (non-hydrogen) atoms. The van der Waals surface area contributed by atoms with Gasteiger partial charge in [0.2, 0.25) is 0 Å². The SMILES string of the molecule is C[Si](C)(C)O[Si](C)(C)O[SiH2]c1ccccc1. The zero-order chi connectivity index (χ0) is 12.2. The van der Waals surface area contributed by atoms with E-state index in [9.17, 15) is 0 Å². The Balaban J connectivity index is 2.48. The fourth-order valence-electron chi connectivity index (χ4n) is 1.60. The summed E-state index contributed by atoms with van der Waals surface area (Å²) in [7, 11) is -4.00. The molecule has 0 radical (unpaired) electrons. The average molecular weight is 271 g/mol. The van der Waals surface area contributed by atoms with Gasteiger partial charge >= 0.3 is 8.56 Å². The van der Waals surface area contributed by atoms with Crippen molar-refractivity contribution in [2.45, 2.75) is 32.7 Å². The van der Waals surface area contributed by atoms with E-state index in [0.717, 1.165) is 0 Å². The molecule has 1 rings (SSSR count). The van der Waals surface area contributed by atoms with Gasteiger partial charge in [-0.1, -0.05) is 30.3 Å². The van der Waals surface area contributed by atoms with Crippen LogP contribution in [0, 0.1) is 0 Å². The van der Waals surface area contributed by atoms with Crippen molar-refractivity contribution in [1.82, 2.24) is 0 Å². The van der Waals surface area contributed by atoms with Crippen LogP contribution in [0.5, 0.6) is 0 Å². The molecule has 1 aromatic carbocycles. The van der Waals surface area contributed by atoms with Crippen LogP contribution in [-0.4, -0.2) is 26.6 Å². The molecule has 0 saturated heterocycles. The molecule has 0 spiro atoms. The van der Waals surface area contributed by atoms with Crippen molar-refractivity contribution >= 4 is 31.8 Å². The Morgan fingerprint density at radius 3 is 2.00 bits per heavy atom. The van der Waals surface area contributed by atoms with Gasteiger partial charge in [-0.25, -0.2) is 0 Å². The number of benzene rings is 1. The third-order valence-corrected chi connectivity index (χ3v) is 10.6. The molecule has 0 saturated carbocycles. The minimum absolute atomic E-state index is 0.626.